The zero-order chi connectivity index (χ0) is 27.1. The van der Waals surface area contributed by atoms with E-state index in [1.54, 1.807) is 17.0 Å². The number of carbonyl (C=O) groups excluding carboxylic acids is 2. The smallest absolute Gasteiger partial charge is 0.337 e. The summed E-state index contributed by atoms with van der Waals surface area (Å²) in [5.41, 5.74) is 1.17. The molecule has 2 amide bonds. The van der Waals surface area contributed by atoms with Crippen molar-refractivity contribution in [2.24, 2.45) is 0 Å². The number of rotatable bonds is 5. The van der Waals surface area contributed by atoms with Crippen molar-refractivity contribution in [3.05, 3.63) is 94.9 Å². The number of nitrogens with one attached hydrogen (secondary N) is 1. The maximum atomic E-state index is 13.1. The number of hydrogen-bond acceptors (Lipinski definition) is 4. The molecule has 1 atom stereocenters. The van der Waals surface area contributed by atoms with Gasteiger partial charge in [0.2, 0.25) is 0 Å². The summed E-state index contributed by atoms with van der Waals surface area (Å²) in [6.07, 6.45) is -3.52. The number of benzene rings is 3. The molecule has 1 aromatic heterocycles. The van der Waals surface area contributed by atoms with Crippen LogP contribution in [0.5, 0.6) is 0 Å². The fourth-order valence-electron chi connectivity index (χ4n) is 5.29. The van der Waals surface area contributed by atoms with Crippen molar-refractivity contribution in [3.8, 4) is 11.1 Å². The standard InChI is InChI=1S/C30H26F3N3O2S/c31-30(32,33)23-8-4-7-20(14-23)21-9-10-26-22(13-21)15-27(39-26)29(38)36-17-25(18-36)34-24-11-12-35(16-24)28(37)19-5-2-1-3-6-19/h1-10,13-15,24-25,34H,11-12,16-18H2/t24-/m0/s1. The number of thiophene rings is 1. The van der Waals surface area contributed by atoms with Crippen molar-refractivity contribution in [2.75, 3.05) is 26.2 Å². The Labute approximate surface area is 227 Å². The lowest BCUT2D eigenvalue weighted by Gasteiger charge is -2.40. The summed E-state index contributed by atoms with van der Waals surface area (Å²) >= 11 is 1.39. The first-order chi connectivity index (χ1) is 18.7. The van der Waals surface area contributed by atoms with Crippen molar-refractivity contribution in [3.63, 3.8) is 0 Å². The van der Waals surface area contributed by atoms with E-state index in [1.807, 2.05) is 53.4 Å². The first-order valence-electron chi connectivity index (χ1n) is 12.9. The molecule has 0 aliphatic carbocycles. The van der Waals surface area contributed by atoms with E-state index in [0.29, 0.717) is 47.7 Å². The van der Waals surface area contributed by atoms with Gasteiger partial charge in [0, 0.05) is 48.5 Å². The molecule has 4 aromatic rings. The summed E-state index contributed by atoms with van der Waals surface area (Å²) in [5, 5.41) is 4.43. The van der Waals surface area contributed by atoms with Crippen LogP contribution < -0.4 is 5.32 Å². The van der Waals surface area contributed by atoms with E-state index in [2.05, 4.69) is 5.32 Å². The third-order valence-electron chi connectivity index (χ3n) is 7.39. The number of nitrogens with zero attached hydrogens (tertiary/aromatic N) is 2. The highest BCUT2D eigenvalue weighted by atomic mass is 32.1. The second kappa shape index (κ2) is 10.1. The highest BCUT2D eigenvalue weighted by Gasteiger charge is 2.36. The Morgan fingerprint density at radius 1 is 0.795 bits per heavy atom. The third-order valence-corrected chi connectivity index (χ3v) is 8.49. The molecule has 2 aliphatic heterocycles. The Hall–Kier alpha value is -3.69. The predicted octanol–water partition coefficient (Wildman–Crippen LogP) is 5.92. The van der Waals surface area contributed by atoms with Crippen LogP contribution in [0.1, 0.15) is 32.0 Å². The molecule has 0 unspecified atom stereocenters. The molecule has 0 bridgehead atoms. The molecular weight excluding hydrogens is 523 g/mol. The van der Waals surface area contributed by atoms with Crippen LogP contribution in [0.25, 0.3) is 21.2 Å². The van der Waals surface area contributed by atoms with Gasteiger partial charge in [-0.15, -0.1) is 11.3 Å². The van der Waals surface area contributed by atoms with E-state index in [0.717, 1.165) is 28.6 Å². The van der Waals surface area contributed by atoms with Gasteiger partial charge in [-0.3, -0.25) is 9.59 Å². The van der Waals surface area contributed by atoms with Crippen LogP contribution in [-0.4, -0.2) is 59.9 Å². The summed E-state index contributed by atoms with van der Waals surface area (Å²) in [7, 11) is 0. The van der Waals surface area contributed by atoms with Gasteiger partial charge in [0.15, 0.2) is 0 Å². The van der Waals surface area contributed by atoms with Crippen molar-refractivity contribution in [1.29, 1.82) is 0 Å². The molecule has 6 rings (SSSR count). The number of amides is 2. The average molecular weight is 550 g/mol. The van der Waals surface area contributed by atoms with E-state index in [-0.39, 0.29) is 23.9 Å². The normalized spacial score (nSPS) is 18.0. The first-order valence-corrected chi connectivity index (χ1v) is 13.7. The first kappa shape index (κ1) is 25.6. The highest BCUT2D eigenvalue weighted by Crippen LogP contribution is 2.35. The predicted molar refractivity (Wildman–Crippen MR) is 146 cm³/mol. The summed E-state index contributed by atoms with van der Waals surface area (Å²) in [5.74, 6) is 0.00784. The Bertz CT molecular complexity index is 1530. The van der Waals surface area contributed by atoms with Gasteiger partial charge in [0.25, 0.3) is 11.8 Å². The van der Waals surface area contributed by atoms with Crippen molar-refractivity contribution >= 4 is 33.2 Å². The van der Waals surface area contributed by atoms with Crippen molar-refractivity contribution in [1.82, 2.24) is 15.1 Å². The van der Waals surface area contributed by atoms with Crippen LogP contribution in [0.3, 0.4) is 0 Å². The number of fused-ring (bicyclic) bond motifs is 1. The molecule has 1 N–H and O–H groups in total. The minimum absolute atomic E-state index is 0.0397. The zero-order valence-corrected chi connectivity index (χ0v) is 21.8. The number of halogens is 3. The zero-order valence-electron chi connectivity index (χ0n) is 20.9. The summed E-state index contributed by atoms with van der Waals surface area (Å²) in [6, 6.07) is 22.3. The Kier molecular flexibility index (Phi) is 6.64. The molecular formula is C30H26F3N3O2S. The molecule has 39 heavy (non-hydrogen) atoms. The van der Waals surface area contributed by atoms with Gasteiger partial charge in [0.1, 0.15) is 0 Å². The second-order valence-corrected chi connectivity index (χ2v) is 11.2. The quantitative estimate of drug-likeness (QED) is 0.337. The van der Waals surface area contributed by atoms with E-state index in [9.17, 15) is 22.8 Å². The number of alkyl halides is 3. The molecule has 200 valence electrons. The van der Waals surface area contributed by atoms with Crippen LogP contribution >= 0.6 is 11.3 Å². The number of likely N-dealkylation sites (tertiary alicyclic amines) is 2. The van der Waals surface area contributed by atoms with Crippen LogP contribution in [0, 0.1) is 0 Å². The van der Waals surface area contributed by atoms with Gasteiger partial charge in [-0.1, -0.05) is 36.4 Å². The van der Waals surface area contributed by atoms with Crippen molar-refractivity contribution < 1.29 is 22.8 Å². The Balaban J connectivity index is 1.06. The lowest BCUT2D eigenvalue weighted by Crippen LogP contribution is -2.61. The van der Waals surface area contributed by atoms with Gasteiger partial charge < -0.3 is 15.1 Å². The minimum atomic E-state index is -4.40. The van der Waals surface area contributed by atoms with Crippen molar-refractivity contribution in [2.45, 2.75) is 24.7 Å². The highest BCUT2D eigenvalue weighted by molar-refractivity contribution is 7.20. The molecule has 3 aromatic carbocycles. The molecule has 0 radical (unpaired) electrons. The molecule has 5 nitrogen and oxygen atoms in total. The fraction of sp³-hybridized carbons (Fsp3) is 0.267. The van der Waals surface area contributed by atoms with Crippen LogP contribution in [-0.2, 0) is 6.18 Å². The van der Waals surface area contributed by atoms with E-state index < -0.39 is 11.7 Å². The molecule has 0 spiro atoms. The second-order valence-electron chi connectivity index (χ2n) is 10.1. The van der Waals surface area contributed by atoms with Gasteiger partial charge in [-0.25, -0.2) is 0 Å². The largest absolute Gasteiger partial charge is 0.416 e. The Morgan fingerprint density at radius 2 is 1.54 bits per heavy atom. The van der Waals surface area contributed by atoms with E-state index in [4.69, 9.17) is 0 Å². The molecule has 9 heteroatoms. The maximum absolute atomic E-state index is 13.1. The molecule has 0 saturated carbocycles. The van der Waals surface area contributed by atoms with Crippen LogP contribution in [0.2, 0.25) is 0 Å². The van der Waals surface area contributed by atoms with Crippen LogP contribution in [0.15, 0.2) is 78.9 Å². The van der Waals surface area contributed by atoms with Gasteiger partial charge in [0.05, 0.1) is 10.4 Å². The molecule has 2 fully saturated rings. The topological polar surface area (TPSA) is 52.7 Å². The van der Waals surface area contributed by atoms with Crippen LogP contribution in [0.4, 0.5) is 13.2 Å². The van der Waals surface area contributed by atoms with Gasteiger partial charge in [-0.2, -0.15) is 13.2 Å². The van der Waals surface area contributed by atoms with E-state index >= 15 is 0 Å². The summed E-state index contributed by atoms with van der Waals surface area (Å²) in [6.45, 7) is 2.57. The third kappa shape index (κ3) is 5.29. The monoisotopic (exact) mass is 549 g/mol. The SMILES string of the molecule is O=C(c1ccccc1)N1CC[C@H](NC2CN(C(=O)c3cc4cc(-c5cccc(C(F)(F)F)c5)ccc4s3)C2)C1. The summed E-state index contributed by atoms with van der Waals surface area (Å²) in [4.78, 5) is 30.1. The van der Waals surface area contributed by atoms with E-state index in [1.165, 1.54) is 17.4 Å². The summed E-state index contributed by atoms with van der Waals surface area (Å²) < 4.78 is 40.3. The number of hydrogen-bond donors (Lipinski definition) is 1. The fourth-order valence-corrected chi connectivity index (χ4v) is 6.30. The maximum Gasteiger partial charge on any atom is 0.416 e. The molecule has 2 saturated heterocycles. The van der Waals surface area contributed by atoms with Gasteiger partial charge >= 0.3 is 6.18 Å². The van der Waals surface area contributed by atoms with Gasteiger partial charge in [-0.05, 0) is 65.4 Å². The lowest BCUT2D eigenvalue weighted by molar-refractivity contribution is -0.137. The molecule has 2 aliphatic rings. The molecule has 3 heterocycles. The minimum Gasteiger partial charge on any atom is -0.337 e. The Morgan fingerprint density at radius 3 is 2.31 bits per heavy atom. The average Bonchev–Trinajstić information content (AvgIpc) is 3.56. The lowest BCUT2D eigenvalue weighted by atomic mass is 10.0. The number of carbonyl (C=O) groups is 2.